The van der Waals surface area contributed by atoms with Crippen LogP contribution in [0.3, 0.4) is 0 Å². The lowest BCUT2D eigenvalue weighted by molar-refractivity contribution is -0.126. The molecule has 0 spiro atoms. The highest BCUT2D eigenvalue weighted by atomic mass is 16.5. The van der Waals surface area contributed by atoms with Crippen molar-refractivity contribution in [2.45, 2.75) is 38.3 Å². The fraction of sp³-hybridized carbons (Fsp3) is 0.571. The van der Waals surface area contributed by atoms with Gasteiger partial charge in [0.05, 0.1) is 13.0 Å². The topological polar surface area (TPSA) is 77.2 Å². The summed E-state index contributed by atoms with van der Waals surface area (Å²) in [6.45, 7) is 0.487. The molecule has 1 aromatic heterocycles. The number of rotatable bonds is 4. The molecule has 0 aliphatic heterocycles. The molecule has 1 saturated carbocycles. The fourth-order valence-corrected chi connectivity index (χ4v) is 2.48. The van der Waals surface area contributed by atoms with E-state index >= 15 is 0 Å². The number of amides is 1. The molecule has 2 rings (SSSR count). The number of carbonyl (C=O) groups is 1. The van der Waals surface area contributed by atoms with Crippen LogP contribution in [0.25, 0.3) is 0 Å². The quantitative estimate of drug-likeness (QED) is 0.856. The van der Waals surface area contributed by atoms with Crippen LogP contribution in [0.5, 0.6) is 5.88 Å². The molecule has 5 nitrogen and oxygen atoms in total. The summed E-state index contributed by atoms with van der Waals surface area (Å²) in [6.07, 6.45) is 5.74. The third-order valence-electron chi connectivity index (χ3n) is 3.63. The Morgan fingerprint density at radius 1 is 1.53 bits per heavy atom. The number of carbonyl (C=O) groups excluding carboxylic acids is 1. The van der Waals surface area contributed by atoms with Gasteiger partial charge in [0.15, 0.2) is 0 Å². The van der Waals surface area contributed by atoms with Crippen molar-refractivity contribution in [1.82, 2.24) is 10.3 Å². The second kappa shape index (κ2) is 6.52. The Bertz CT molecular complexity index is 436. The molecule has 1 amide bonds. The molecule has 1 aliphatic carbocycles. The standard InChI is InChI=1S/C14H21N3O2/c1-19-13-8-10(6-7-16-13)9-17-14(18)11-4-2-3-5-12(11)15/h6-8,11-12H,2-5,9,15H2,1H3,(H,17,18). The maximum atomic E-state index is 12.1. The molecule has 2 unspecified atom stereocenters. The van der Waals surface area contributed by atoms with Gasteiger partial charge in [-0.2, -0.15) is 0 Å². The van der Waals surface area contributed by atoms with Gasteiger partial charge in [0.25, 0.3) is 0 Å². The Labute approximate surface area is 113 Å². The molecule has 0 radical (unpaired) electrons. The third kappa shape index (κ3) is 3.67. The minimum atomic E-state index is -0.0440. The van der Waals surface area contributed by atoms with Crippen molar-refractivity contribution >= 4 is 5.91 Å². The zero-order valence-electron chi connectivity index (χ0n) is 11.3. The van der Waals surface area contributed by atoms with E-state index in [1.807, 2.05) is 12.1 Å². The SMILES string of the molecule is COc1cc(CNC(=O)C2CCCCC2N)ccn1. The Balaban J connectivity index is 1.88. The van der Waals surface area contributed by atoms with Crippen molar-refractivity contribution in [2.24, 2.45) is 11.7 Å². The zero-order chi connectivity index (χ0) is 13.7. The molecule has 19 heavy (non-hydrogen) atoms. The largest absolute Gasteiger partial charge is 0.481 e. The zero-order valence-corrected chi connectivity index (χ0v) is 11.3. The highest BCUT2D eigenvalue weighted by molar-refractivity contribution is 5.79. The molecule has 0 bridgehead atoms. The number of pyridine rings is 1. The molecule has 2 atom stereocenters. The number of hydrogen-bond acceptors (Lipinski definition) is 4. The Morgan fingerprint density at radius 2 is 2.32 bits per heavy atom. The number of ether oxygens (including phenoxy) is 1. The van der Waals surface area contributed by atoms with Crippen molar-refractivity contribution in [3.63, 3.8) is 0 Å². The molecule has 1 fully saturated rings. The highest BCUT2D eigenvalue weighted by Crippen LogP contribution is 2.23. The molecule has 104 valence electrons. The van der Waals surface area contributed by atoms with Gasteiger partial charge in [-0.3, -0.25) is 4.79 Å². The summed E-state index contributed by atoms with van der Waals surface area (Å²) in [7, 11) is 1.58. The van der Waals surface area contributed by atoms with Crippen LogP contribution in [-0.4, -0.2) is 24.0 Å². The summed E-state index contributed by atoms with van der Waals surface area (Å²) < 4.78 is 5.05. The number of aromatic nitrogens is 1. The minimum Gasteiger partial charge on any atom is -0.481 e. The lowest BCUT2D eigenvalue weighted by Gasteiger charge is -2.27. The van der Waals surface area contributed by atoms with Crippen molar-refractivity contribution in [3.05, 3.63) is 23.9 Å². The molecule has 0 saturated heterocycles. The van der Waals surface area contributed by atoms with Gasteiger partial charge in [-0.25, -0.2) is 4.98 Å². The van der Waals surface area contributed by atoms with Gasteiger partial charge in [-0.1, -0.05) is 12.8 Å². The van der Waals surface area contributed by atoms with Gasteiger partial charge >= 0.3 is 0 Å². The summed E-state index contributed by atoms with van der Waals surface area (Å²) >= 11 is 0. The van der Waals surface area contributed by atoms with Crippen LogP contribution < -0.4 is 15.8 Å². The first kappa shape index (κ1) is 13.8. The van der Waals surface area contributed by atoms with Gasteiger partial charge in [0.2, 0.25) is 11.8 Å². The van der Waals surface area contributed by atoms with Crippen molar-refractivity contribution in [1.29, 1.82) is 0 Å². The van der Waals surface area contributed by atoms with Crippen LogP contribution in [-0.2, 0) is 11.3 Å². The summed E-state index contributed by atoms with van der Waals surface area (Å²) in [4.78, 5) is 16.1. The molecule has 1 aromatic rings. The molecular weight excluding hydrogens is 242 g/mol. The van der Waals surface area contributed by atoms with Gasteiger partial charge in [-0.15, -0.1) is 0 Å². The van der Waals surface area contributed by atoms with Crippen LogP contribution in [0.2, 0.25) is 0 Å². The molecule has 3 N–H and O–H groups in total. The Morgan fingerprint density at radius 3 is 3.05 bits per heavy atom. The van der Waals surface area contributed by atoms with Crippen LogP contribution in [0.4, 0.5) is 0 Å². The normalized spacial score (nSPS) is 22.8. The first-order valence-electron chi connectivity index (χ1n) is 6.73. The highest BCUT2D eigenvalue weighted by Gasteiger charge is 2.27. The van der Waals surface area contributed by atoms with Gasteiger partial charge in [0.1, 0.15) is 0 Å². The summed E-state index contributed by atoms with van der Waals surface area (Å²) in [5, 5.41) is 2.95. The van der Waals surface area contributed by atoms with Crippen molar-refractivity contribution in [2.75, 3.05) is 7.11 Å². The van der Waals surface area contributed by atoms with E-state index in [0.717, 1.165) is 31.2 Å². The first-order chi connectivity index (χ1) is 9.20. The van der Waals surface area contributed by atoms with Crippen LogP contribution >= 0.6 is 0 Å². The maximum Gasteiger partial charge on any atom is 0.224 e. The van der Waals surface area contributed by atoms with E-state index in [0.29, 0.717) is 12.4 Å². The predicted octanol–water partition coefficient (Wildman–Crippen LogP) is 1.22. The van der Waals surface area contributed by atoms with E-state index in [2.05, 4.69) is 10.3 Å². The summed E-state index contributed by atoms with van der Waals surface area (Å²) in [6, 6.07) is 3.69. The lowest BCUT2D eigenvalue weighted by atomic mass is 9.84. The smallest absolute Gasteiger partial charge is 0.224 e. The van der Waals surface area contributed by atoms with Gasteiger partial charge in [0, 0.05) is 24.8 Å². The molecular formula is C14H21N3O2. The predicted molar refractivity (Wildman–Crippen MR) is 72.6 cm³/mol. The second-order valence-corrected chi connectivity index (χ2v) is 4.98. The molecule has 0 aromatic carbocycles. The van der Waals surface area contributed by atoms with E-state index in [1.165, 1.54) is 0 Å². The number of hydrogen-bond donors (Lipinski definition) is 2. The van der Waals surface area contributed by atoms with Gasteiger partial charge in [-0.05, 0) is 24.5 Å². The first-order valence-corrected chi connectivity index (χ1v) is 6.73. The monoisotopic (exact) mass is 263 g/mol. The molecule has 1 aliphatic rings. The fourth-order valence-electron chi connectivity index (χ4n) is 2.48. The maximum absolute atomic E-state index is 12.1. The van der Waals surface area contributed by atoms with E-state index in [4.69, 9.17) is 10.5 Å². The average Bonchev–Trinajstić information content (AvgIpc) is 2.45. The van der Waals surface area contributed by atoms with E-state index in [1.54, 1.807) is 13.3 Å². The van der Waals surface area contributed by atoms with Crippen LogP contribution in [0, 0.1) is 5.92 Å². The number of methoxy groups -OCH3 is 1. The van der Waals surface area contributed by atoms with Crippen LogP contribution in [0.1, 0.15) is 31.2 Å². The number of nitrogens with two attached hydrogens (primary N) is 1. The van der Waals surface area contributed by atoms with E-state index < -0.39 is 0 Å². The van der Waals surface area contributed by atoms with Crippen molar-refractivity contribution in [3.8, 4) is 5.88 Å². The van der Waals surface area contributed by atoms with Gasteiger partial charge < -0.3 is 15.8 Å². The number of nitrogens with zero attached hydrogens (tertiary/aromatic N) is 1. The molecule has 1 heterocycles. The summed E-state index contributed by atoms with van der Waals surface area (Å²) in [5.41, 5.74) is 6.98. The Kier molecular flexibility index (Phi) is 4.74. The summed E-state index contributed by atoms with van der Waals surface area (Å²) in [5.74, 6) is 0.571. The third-order valence-corrected chi connectivity index (χ3v) is 3.63. The lowest BCUT2D eigenvalue weighted by Crippen LogP contribution is -2.43. The van der Waals surface area contributed by atoms with Crippen LogP contribution in [0.15, 0.2) is 18.3 Å². The number of nitrogens with one attached hydrogen (secondary N) is 1. The van der Waals surface area contributed by atoms with E-state index in [9.17, 15) is 4.79 Å². The average molecular weight is 263 g/mol. The van der Waals surface area contributed by atoms with E-state index in [-0.39, 0.29) is 17.9 Å². The second-order valence-electron chi connectivity index (χ2n) is 4.98. The molecule has 5 heteroatoms. The van der Waals surface area contributed by atoms with Crippen molar-refractivity contribution < 1.29 is 9.53 Å². The minimum absolute atomic E-state index is 0.000672. The Hall–Kier alpha value is -1.62.